The summed E-state index contributed by atoms with van der Waals surface area (Å²) in [4.78, 5) is 26.8. The van der Waals surface area contributed by atoms with E-state index in [-0.39, 0.29) is 18.0 Å². The van der Waals surface area contributed by atoms with Crippen LogP contribution in [0.2, 0.25) is 0 Å². The zero-order chi connectivity index (χ0) is 17.6. The first-order valence-corrected chi connectivity index (χ1v) is 10.1. The molecule has 1 aromatic rings. The summed E-state index contributed by atoms with van der Waals surface area (Å²) >= 11 is 1.60. The number of ether oxygens (including phenoxy) is 1. The molecule has 1 fully saturated rings. The molecule has 0 aromatic heterocycles. The van der Waals surface area contributed by atoms with E-state index in [0.717, 1.165) is 19.3 Å². The van der Waals surface area contributed by atoms with Crippen LogP contribution in [0, 0.1) is 0 Å². The first-order valence-electron chi connectivity index (χ1n) is 9.11. The molecular weight excluding hydrogens is 336 g/mol. The van der Waals surface area contributed by atoms with E-state index in [2.05, 4.69) is 23.5 Å². The molecule has 6 heteroatoms. The van der Waals surface area contributed by atoms with Crippen molar-refractivity contribution in [1.82, 2.24) is 10.2 Å². The van der Waals surface area contributed by atoms with Crippen LogP contribution >= 0.6 is 11.8 Å². The van der Waals surface area contributed by atoms with Crippen molar-refractivity contribution in [2.24, 2.45) is 0 Å². The summed E-state index contributed by atoms with van der Waals surface area (Å²) in [7, 11) is 0. The molecule has 1 N–H and O–H groups in total. The molecular formula is C19H26N2O3S. The van der Waals surface area contributed by atoms with Gasteiger partial charge in [0, 0.05) is 24.0 Å². The maximum Gasteiger partial charge on any atom is 0.409 e. The Bertz CT molecular complexity index is 627. The second kappa shape index (κ2) is 8.61. The van der Waals surface area contributed by atoms with Crippen molar-refractivity contribution in [3.63, 3.8) is 0 Å². The van der Waals surface area contributed by atoms with Gasteiger partial charge in [0.1, 0.15) is 0 Å². The molecule has 0 bridgehead atoms. The Kier molecular flexibility index (Phi) is 6.24. The highest BCUT2D eigenvalue weighted by Crippen LogP contribution is 2.27. The molecule has 2 amide bonds. The van der Waals surface area contributed by atoms with Gasteiger partial charge < -0.3 is 15.0 Å². The molecule has 2 aliphatic rings. The number of likely N-dealkylation sites (tertiary alicyclic amines) is 1. The minimum Gasteiger partial charge on any atom is -0.450 e. The van der Waals surface area contributed by atoms with E-state index in [1.165, 1.54) is 28.9 Å². The quantitative estimate of drug-likeness (QED) is 0.818. The first kappa shape index (κ1) is 18.1. The number of aryl methyl sites for hydroxylation is 2. The Morgan fingerprint density at radius 1 is 1.24 bits per heavy atom. The molecule has 1 heterocycles. The van der Waals surface area contributed by atoms with Crippen LogP contribution in [0.3, 0.4) is 0 Å². The third kappa shape index (κ3) is 4.91. The van der Waals surface area contributed by atoms with Crippen LogP contribution in [0.4, 0.5) is 4.79 Å². The molecule has 1 aliphatic carbocycles. The number of thioether (sulfide) groups is 1. The maximum absolute atomic E-state index is 12.2. The lowest BCUT2D eigenvalue weighted by Crippen LogP contribution is -2.47. The molecule has 1 aliphatic heterocycles. The SMILES string of the molecule is CCOC(=O)N1CCC(NC(=O)CSc2ccc3c(c2)CCC3)CC1. The molecule has 5 nitrogen and oxygen atoms in total. The third-order valence-electron chi connectivity index (χ3n) is 4.83. The third-order valence-corrected chi connectivity index (χ3v) is 5.82. The number of fused-ring (bicyclic) bond motifs is 1. The van der Waals surface area contributed by atoms with E-state index >= 15 is 0 Å². The van der Waals surface area contributed by atoms with Gasteiger partial charge in [-0.05, 0) is 62.3 Å². The largest absolute Gasteiger partial charge is 0.450 e. The van der Waals surface area contributed by atoms with Crippen LogP contribution < -0.4 is 5.32 Å². The number of carbonyl (C=O) groups excluding carboxylic acids is 2. The Hall–Kier alpha value is -1.69. The van der Waals surface area contributed by atoms with Crippen molar-refractivity contribution in [2.75, 3.05) is 25.4 Å². The second-order valence-corrected chi connectivity index (χ2v) is 7.65. The van der Waals surface area contributed by atoms with E-state index in [1.807, 2.05) is 6.92 Å². The Balaban J connectivity index is 1.39. The molecule has 136 valence electrons. The van der Waals surface area contributed by atoms with Gasteiger partial charge in [0.25, 0.3) is 0 Å². The summed E-state index contributed by atoms with van der Waals surface area (Å²) in [5, 5.41) is 3.09. The number of amides is 2. The van der Waals surface area contributed by atoms with Gasteiger partial charge in [-0.3, -0.25) is 4.79 Å². The number of nitrogens with zero attached hydrogens (tertiary/aromatic N) is 1. The van der Waals surface area contributed by atoms with Gasteiger partial charge in [0.05, 0.1) is 12.4 Å². The highest BCUT2D eigenvalue weighted by molar-refractivity contribution is 8.00. The summed E-state index contributed by atoms with van der Waals surface area (Å²) in [6.45, 7) is 3.49. The number of piperidine rings is 1. The predicted octanol–water partition coefficient (Wildman–Crippen LogP) is 3.00. The van der Waals surface area contributed by atoms with Crippen LogP contribution in [0.25, 0.3) is 0 Å². The zero-order valence-electron chi connectivity index (χ0n) is 14.8. The lowest BCUT2D eigenvalue weighted by atomic mass is 10.1. The van der Waals surface area contributed by atoms with E-state index < -0.39 is 0 Å². The number of hydrogen-bond donors (Lipinski definition) is 1. The minimum atomic E-state index is -0.251. The molecule has 3 rings (SSSR count). The van der Waals surface area contributed by atoms with Crippen molar-refractivity contribution < 1.29 is 14.3 Å². The summed E-state index contributed by atoms with van der Waals surface area (Å²) in [6.07, 6.45) is 4.91. The lowest BCUT2D eigenvalue weighted by molar-refractivity contribution is -0.119. The van der Waals surface area contributed by atoms with Gasteiger partial charge in [-0.1, -0.05) is 6.07 Å². The molecule has 0 atom stereocenters. The summed E-state index contributed by atoms with van der Waals surface area (Å²) in [5.41, 5.74) is 2.90. The molecule has 0 saturated carbocycles. The highest BCUT2D eigenvalue weighted by atomic mass is 32.2. The Labute approximate surface area is 153 Å². The maximum atomic E-state index is 12.2. The Morgan fingerprint density at radius 3 is 2.76 bits per heavy atom. The highest BCUT2D eigenvalue weighted by Gasteiger charge is 2.24. The molecule has 1 aromatic carbocycles. The van der Waals surface area contributed by atoms with Crippen LogP contribution in [0.5, 0.6) is 0 Å². The van der Waals surface area contributed by atoms with Crippen LogP contribution in [0.15, 0.2) is 23.1 Å². The van der Waals surface area contributed by atoms with E-state index in [4.69, 9.17) is 4.74 Å². The fourth-order valence-corrected chi connectivity index (χ4v) is 4.25. The van der Waals surface area contributed by atoms with Crippen LogP contribution in [-0.2, 0) is 22.4 Å². The van der Waals surface area contributed by atoms with Gasteiger partial charge in [-0.15, -0.1) is 11.8 Å². The van der Waals surface area contributed by atoms with Crippen molar-refractivity contribution in [3.05, 3.63) is 29.3 Å². The standard InChI is InChI=1S/C19H26N2O3S/c1-2-24-19(23)21-10-8-16(9-11-21)20-18(22)13-25-17-7-6-14-4-3-5-15(14)12-17/h6-7,12,16H,2-5,8-11,13H2,1H3,(H,20,22). The molecule has 0 spiro atoms. The molecule has 1 saturated heterocycles. The topological polar surface area (TPSA) is 58.6 Å². The number of hydrogen-bond acceptors (Lipinski definition) is 4. The van der Waals surface area contributed by atoms with Crippen LogP contribution in [0.1, 0.15) is 37.3 Å². The van der Waals surface area contributed by atoms with E-state index in [0.29, 0.717) is 25.4 Å². The van der Waals surface area contributed by atoms with Crippen LogP contribution in [-0.4, -0.2) is 48.4 Å². The average Bonchev–Trinajstić information content (AvgIpc) is 3.08. The Morgan fingerprint density at radius 2 is 2.00 bits per heavy atom. The number of nitrogens with one attached hydrogen (secondary N) is 1. The monoisotopic (exact) mass is 362 g/mol. The number of rotatable bonds is 5. The predicted molar refractivity (Wildman–Crippen MR) is 99.0 cm³/mol. The van der Waals surface area contributed by atoms with Crippen molar-refractivity contribution in [3.8, 4) is 0 Å². The molecule has 0 unspecified atom stereocenters. The summed E-state index contributed by atoms with van der Waals surface area (Å²) in [5.74, 6) is 0.511. The van der Waals surface area contributed by atoms with Crippen molar-refractivity contribution in [2.45, 2.75) is 50.0 Å². The smallest absolute Gasteiger partial charge is 0.409 e. The van der Waals surface area contributed by atoms with Gasteiger partial charge in [-0.25, -0.2) is 4.79 Å². The van der Waals surface area contributed by atoms with E-state index in [9.17, 15) is 9.59 Å². The number of carbonyl (C=O) groups is 2. The summed E-state index contributed by atoms with van der Waals surface area (Å²) < 4.78 is 5.01. The molecule has 0 radical (unpaired) electrons. The fraction of sp³-hybridized carbons (Fsp3) is 0.579. The van der Waals surface area contributed by atoms with Gasteiger partial charge >= 0.3 is 6.09 Å². The van der Waals surface area contributed by atoms with Gasteiger partial charge in [0.2, 0.25) is 5.91 Å². The van der Waals surface area contributed by atoms with Gasteiger partial charge in [0.15, 0.2) is 0 Å². The summed E-state index contributed by atoms with van der Waals surface area (Å²) in [6, 6.07) is 6.71. The van der Waals surface area contributed by atoms with Crippen molar-refractivity contribution >= 4 is 23.8 Å². The normalized spacial score (nSPS) is 17.2. The molecule has 25 heavy (non-hydrogen) atoms. The van der Waals surface area contributed by atoms with Gasteiger partial charge in [-0.2, -0.15) is 0 Å². The minimum absolute atomic E-state index is 0.0695. The van der Waals surface area contributed by atoms with E-state index in [1.54, 1.807) is 16.7 Å². The van der Waals surface area contributed by atoms with Crippen molar-refractivity contribution in [1.29, 1.82) is 0 Å². The average molecular weight is 362 g/mol. The first-order chi connectivity index (χ1) is 12.2. The lowest BCUT2D eigenvalue weighted by Gasteiger charge is -2.31. The second-order valence-electron chi connectivity index (χ2n) is 6.60. The number of benzene rings is 1. The fourth-order valence-electron chi connectivity index (χ4n) is 3.48. The zero-order valence-corrected chi connectivity index (χ0v) is 15.6.